The Balaban J connectivity index is 3.96. The van der Waals surface area contributed by atoms with Gasteiger partial charge in [-0.15, -0.1) is 0 Å². The third kappa shape index (κ3) is 66.0. The number of esters is 2. The van der Waals surface area contributed by atoms with E-state index in [0.29, 0.717) is 17.4 Å². The quantitative estimate of drug-likeness (QED) is 0.0256. The maximum absolute atomic E-state index is 12.9. The molecule has 0 spiro atoms. The molecule has 0 fully saturated rings. The van der Waals surface area contributed by atoms with Crippen molar-refractivity contribution in [2.75, 3.05) is 47.5 Å². The Morgan fingerprint density at radius 3 is 0.810 bits per heavy atom. The van der Waals surface area contributed by atoms with Crippen molar-refractivity contribution in [1.29, 1.82) is 0 Å². The van der Waals surface area contributed by atoms with Crippen LogP contribution in [0.1, 0.15) is 380 Å². The standard InChI is InChI=1S/C69H138NO8P/c1-6-8-10-12-14-16-18-20-22-24-26-28-30-32-33-34-35-36-37-38-40-42-44-46-48-50-52-54-56-58-60-62-69(72)78-67(66-77-79(73,74)76-64-63-70(3,4)5)65-75-68(71)61-59-57-55-53-51-49-47-45-43-41-39-31-29-27-25-23-21-19-17-15-13-11-9-7-2/h67H,6-66H2,1-5H3. The second-order valence-electron chi connectivity index (χ2n) is 25.6. The van der Waals surface area contributed by atoms with Crippen molar-refractivity contribution in [3.63, 3.8) is 0 Å². The Morgan fingerprint density at radius 1 is 0.342 bits per heavy atom. The van der Waals surface area contributed by atoms with Crippen LogP contribution in [0.4, 0.5) is 0 Å². The number of hydrogen-bond acceptors (Lipinski definition) is 8. The zero-order valence-electron chi connectivity index (χ0n) is 53.9. The second-order valence-corrected chi connectivity index (χ2v) is 27.0. The minimum Gasteiger partial charge on any atom is -0.756 e. The normalized spacial score (nSPS) is 13.0. The van der Waals surface area contributed by atoms with Crippen LogP contribution in [-0.4, -0.2) is 70.0 Å². The van der Waals surface area contributed by atoms with Crippen LogP contribution in [0.15, 0.2) is 0 Å². The number of hydrogen-bond donors (Lipinski definition) is 0. The molecule has 0 aliphatic carbocycles. The number of ether oxygens (including phenoxy) is 2. The molecule has 2 unspecified atom stereocenters. The number of unbranched alkanes of at least 4 members (excludes halogenated alkanes) is 53. The zero-order chi connectivity index (χ0) is 57.7. The Labute approximate surface area is 493 Å². The van der Waals surface area contributed by atoms with Gasteiger partial charge in [-0.1, -0.05) is 354 Å². The first-order valence-electron chi connectivity index (χ1n) is 35.2. The van der Waals surface area contributed by atoms with E-state index < -0.39 is 26.5 Å². The highest BCUT2D eigenvalue weighted by Gasteiger charge is 2.22. The molecule has 0 aliphatic heterocycles. The molecular weight excluding hydrogens is 1000 g/mol. The van der Waals surface area contributed by atoms with Crippen LogP contribution in [0.3, 0.4) is 0 Å². The van der Waals surface area contributed by atoms with E-state index in [0.717, 1.165) is 32.1 Å². The van der Waals surface area contributed by atoms with E-state index in [-0.39, 0.29) is 32.0 Å². The van der Waals surface area contributed by atoms with Gasteiger partial charge in [-0.3, -0.25) is 14.2 Å². The average molecular weight is 1140 g/mol. The fraction of sp³-hybridized carbons (Fsp3) is 0.971. The van der Waals surface area contributed by atoms with E-state index in [9.17, 15) is 19.0 Å². The molecule has 0 amide bonds. The van der Waals surface area contributed by atoms with Gasteiger partial charge in [-0.2, -0.15) is 0 Å². The number of carbonyl (C=O) groups is 2. The van der Waals surface area contributed by atoms with Gasteiger partial charge in [0, 0.05) is 12.8 Å². The smallest absolute Gasteiger partial charge is 0.306 e. The summed E-state index contributed by atoms with van der Waals surface area (Å²) in [6.45, 7) is 4.34. The topological polar surface area (TPSA) is 111 Å². The third-order valence-corrected chi connectivity index (χ3v) is 17.3. The van der Waals surface area contributed by atoms with Gasteiger partial charge in [-0.25, -0.2) is 0 Å². The molecule has 0 rings (SSSR count). The average Bonchev–Trinajstić information content (AvgIpc) is 3.41. The minimum absolute atomic E-state index is 0.0248. The number of likely N-dealkylation sites (N-methyl/N-ethyl adjacent to an activating group) is 1. The Hall–Kier alpha value is -0.990. The van der Waals surface area contributed by atoms with E-state index in [1.54, 1.807) is 0 Å². The summed E-state index contributed by atoms with van der Waals surface area (Å²) < 4.78 is 34.3. The summed E-state index contributed by atoms with van der Waals surface area (Å²) in [5.41, 5.74) is 0. The van der Waals surface area contributed by atoms with E-state index in [4.69, 9.17) is 18.5 Å². The van der Waals surface area contributed by atoms with Crippen molar-refractivity contribution in [3.05, 3.63) is 0 Å². The van der Waals surface area contributed by atoms with Gasteiger partial charge in [0.05, 0.1) is 27.7 Å². The molecular formula is C69H138NO8P. The predicted molar refractivity (Wildman–Crippen MR) is 338 cm³/mol. The van der Waals surface area contributed by atoms with Crippen LogP contribution in [0.5, 0.6) is 0 Å². The summed E-state index contributed by atoms with van der Waals surface area (Å²) in [6, 6.07) is 0. The summed E-state index contributed by atoms with van der Waals surface area (Å²) >= 11 is 0. The molecule has 79 heavy (non-hydrogen) atoms. The Morgan fingerprint density at radius 2 is 0.570 bits per heavy atom. The molecule has 0 aromatic carbocycles. The lowest BCUT2D eigenvalue weighted by atomic mass is 10.0. The van der Waals surface area contributed by atoms with Gasteiger partial charge in [0.15, 0.2) is 6.10 Å². The molecule has 0 aromatic rings. The largest absolute Gasteiger partial charge is 0.756 e. The van der Waals surface area contributed by atoms with Gasteiger partial charge >= 0.3 is 11.9 Å². The number of carbonyl (C=O) groups excluding carboxylic acids is 2. The number of rotatable bonds is 67. The summed E-state index contributed by atoms with van der Waals surface area (Å²) in [5.74, 6) is -0.803. The number of phosphoric ester groups is 1. The van der Waals surface area contributed by atoms with Crippen molar-refractivity contribution >= 4 is 19.8 Å². The zero-order valence-corrected chi connectivity index (χ0v) is 54.8. The van der Waals surface area contributed by atoms with E-state index in [2.05, 4.69) is 13.8 Å². The highest BCUT2D eigenvalue weighted by Crippen LogP contribution is 2.38. The van der Waals surface area contributed by atoms with Crippen LogP contribution >= 0.6 is 7.82 Å². The van der Waals surface area contributed by atoms with Crippen LogP contribution < -0.4 is 4.89 Å². The fourth-order valence-electron chi connectivity index (χ4n) is 11.0. The second kappa shape index (κ2) is 61.6. The van der Waals surface area contributed by atoms with E-state index >= 15 is 0 Å². The fourth-order valence-corrected chi connectivity index (χ4v) is 11.7. The highest BCUT2D eigenvalue weighted by atomic mass is 31.2. The van der Waals surface area contributed by atoms with Gasteiger partial charge in [0.25, 0.3) is 7.82 Å². The molecule has 0 saturated heterocycles. The number of phosphoric acid groups is 1. The first-order valence-corrected chi connectivity index (χ1v) is 36.7. The Bertz CT molecular complexity index is 1290. The molecule has 0 radical (unpaired) electrons. The number of nitrogens with zero attached hydrogens (tertiary/aromatic N) is 1. The molecule has 0 saturated carbocycles. The van der Waals surface area contributed by atoms with Crippen molar-refractivity contribution in [1.82, 2.24) is 0 Å². The Kier molecular flexibility index (Phi) is 60.8. The molecule has 0 aromatic heterocycles. The highest BCUT2D eigenvalue weighted by molar-refractivity contribution is 7.45. The molecule has 0 N–H and O–H groups in total. The van der Waals surface area contributed by atoms with Gasteiger partial charge in [-0.05, 0) is 12.8 Å². The van der Waals surface area contributed by atoms with Crippen molar-refractivity contribution in [2.45, 2.75) is 386 Å². The lowest BCUT2D eigenvalue weighted by Gasteiger charge is -2.28. The summed E-state index contributed by atoms with van der Waals surface area (Å²) in [7, 11) is 1.20. The van der Waals surface area contributed by atoms with Crippen LogP contribution in [0.2, 0.25) is 0 Å². The maximum Gasteiger partial charge on any atom is 0.306 e. The summed E-state index contributed by atoms with van der Waals surface area (Å²) in [4.78, 5) is 38.0. The minimum atomic E-state index is -4.63. The van der Waals surface area contributed by atoms with Gasteiger partial charge in [0.1, 0.15) is 19.8 Å². The third-order valence-electron chi connectivity index (χ3n) is 16.4. The molecule has 9 nitrogen and oxygen atoms in total. The molecule has 0 aliphatic rings. The van der Waals surface area contributed by atoms with Crippen molar-refractivity contribution in [3.8, 4) is 0 Å². The summed E-state index contributed by atoms with van der Waals surface area (Å²) in [6.07, 6.45) is 73.4. The lowest BCUT2D eigenvalue weighted by Crippen LogP contribution is -2.37. The first-order chi connectivity index (χ1) is 38.5. The molecule has 10 heteroatoms. The summed E-state index contributed by atoms with van der Waals surface area (Å²) in [5, 5.41) is 0. The molecule has 0 heterocycles. The van der Waals surface area contributed by atoms with E-state index in [1.807, 2.05) is 21.1 Å². The molecule has 472 valence electrons. The van der Waals surface area contributed by atoms with Crippen LogP contribution in [0.25, 0.3) is 0 Å². The van der Waals surface area contributed by atoms with Crippen LogP contribution in [-0.2, 0) is 32.7 Å². The van der Waals surface area contributed by atoms with E-state index in [1.165, 1.54) is 315 Å². The SMILES string of the molecule is CCCCCCCCCCCCCCCCCCCCCCCCCCCCCCCCCC(=O)OC(COC(=O)CCCCCCCCCCCCCCCCCCCCCCCCCC)COP(=O)([O-])OCC[N+](C)(C)C. The monoisotopic (exact) mass is 1140 g/mol. The lowest BCUT2D eigenvalue weighted by molar-refractivity contribution is -0.870. The number of quaternary nitrogens is 1. The predicted octanol–water partition coefficient (Wildman–Crippen LogP) is 21.9. The molecule has 0 bridgehead atoms. The molecule has 2 atom stereocenters. The van der Waals surface area contributed by atoms with Gasteiger partial charge in [0.2, 0.25) is 0 Å². The first kappa shape index (κ1) is 78.0. The van der Waals surface area contributed by atoms with Crippen LogP contribution in [0, 0.1) is 0 Å². The van der Waals surface area contributed by atoms with Crippen molar-refractivity contribution in [2.24, 2.45) is 0 Å². The maximum atomic E-state index is 12.9. The van der Waals surface area contributed by atoms with Crippen molar-refractivity contribution < 1.29 is 42.1 Å². The van der Waals surface area contributed by atoms with Gasteiger partial charge < -0.3 is 27.9 Å².